The van der Waals surface area contributed by atoms with E-state index in [0.717, 1.165) is 43.3 Å². The van der Waals surface area contributed by atoms with Crippen LogP contribution in [0.4, 0.5) is 4.79 Å². The maximum atomic E-state index is 11.9. The molecule has 0 aliphatic carbocycles. The summed E-state index contributed by atoms with van der Waals surface area (Å²) in [4.78, 5) is 15.3. The van der Waals surface area contributed by atoms with Gasteiger partial charge in [0.2, 0.25) is 0 Å². The van der Waals surface area contributed by atoms with Crippen LogP contribution in [-0.2, 0) is 16.0 Å². The molecule has 0 unspecified atom stereocenters. The molecule has 2 aromatic rings. The summed E-state index contributed by atoms with van der Waals surface area (Å²) < 4.78 is 11.1. The lowest BCUT2D eigenvalue weighted by Gasteiger charge is -2.26. The number of morpholine rings is 1. The van der Waals surface area contributed by atoms with Gasteiger partial charge in [-0.3, -0.25) is 4.90 Å². The Morgan fingerprint density at radius 3 is 2.38 bits per heavy atom. The van der Waals surface area contributed by atoms with Crippen LogP contribution in [0.25, 0.3) is 11.5 Å². The van der Waals surface area contributed by atoms with E-state index >= 15 is 0 Å². The monoisotopic (exact) mass is 440 g/mol. The van der Waals surface area contributed by atoms with E-state index in [-0.39, 0.29) is 29.9 Å². The van der Waals surface area contributed by atoms with Crippen molar-refractivity contribution in [1.29, 1.82) is 0 Å². The van der Waals surface area contributed by atoms with Crippen molar-refractivity contribution in [2.45, 2.75) is 26.3 Å². The van der Waals surface area contributed by atoms with Gasteiger partial charge in [0.1, 0.15) is 17.2 Å². The number of carboxylic acid groups (broad SMARTS) is 1. The van der Waals surface area contributed by atoms with Gasteiger partial charge < -0.3 is 24.8 Å². The van der Waals surface area contributed by atoms with E-state index in [2.05, 4.69) is 4.90 Å². The van der Waals surface area contributed by atoms with Crippen LogP contribution in [0.2, 0.25) is 0 Å². The molecule has 0 aromatic heterocycles. The van der Waals surface area contributed by atoms with Gasteiger partial charge in [-0.1, -0.05) is 38.1 Å². The maximum Gasteiger partial charge on any atom is 0.414 e. The van der Waals surface area contributed by atoms with Crippen LogP contribution in [0.5, 0.6) is 11.5 Å². The number of amides is 1. The summed E-state index contributed by atoms with van der Waals surface area (Å²) in [6.07, 6.45) is -1.14. The minimum Gasteiger partial charge on any atom is -0.508 e. The zero-order chi connectivity index (χ0) is 22.8. The van der Waals surface area contributed by atoms with Crippen LogP contribution < -0.4 is 0 Å². The molecule has 3 N–H and O–H groups in total. The lowest BCUT2D eigenvalue weighted by Crippen LogP contribution is -2.35. The first-order chi connectivity index (χ1) is 15.3. The number of nitrogens with zero attached hydrogens (tertiary/aromatic N) is 2. The molecule has 170 valence electrons. The minimum atomic E-state index is -1.14. The van der Waals surface area contributed by atoms with E-state index in [1.807, 2.05) is 38.1 Å². The fraction of sp³-hybridized carbons (Fsp3) is 0.375. The van der Waals surface area contributed by atoms with Crippen molar-refractivity contribution >= 4 is 17.5 Å². The molecule has 1 fully saturated rings. The lowest BCUT2D eigenvalue weighted by molar-refractivity contribution is 0.0342. The van der Waals surface area contributed by atoms with Crippen molar-refractivity contribution in [3.63, 3.8) is 0 Å². The highest BCUT2D eigenvalue weighted by molar-refractivity contribution is 5.96. The van der Waals surface area contributed by atoms with Crippen LogP contribution in [0.1, 0.15) is 42.0 Å². The fourth-order valence-corrected chi connectivity index (χ4v) is 4.05. The standard InChI is InChI=1S/C24H28N2O6/c1-15(2)18-11-19(21(28)12-20(18)27)23-22(26(14-32-23)24(29)30)17-5-3-16(4-6-17)13-25-7-9-31-10-8-25/h3-6,11-12,15,27-28H,7-10,13-14H2,1-2H3,(H,29,30). The fourth-order valence-electron chi connectivity index (χ4n) is 4.05. The molecule has 8 nitrogen and oxygen atoms in total. The second-order valence-electron chi connectivity index (χ2n) is 8.33. The summed E-state index contributed by atoms with van der Waals surface area (Å²) in [5, 5.41) is 30.4. The van der Waals surface area contributed by atoms with Gasteiger partial charge in [-0.05, 0) is 23.1 Å². The van der Waals surface area contributed by atoms with Gasteiger partial charge >= 0.3 is 6.09 Å². The van der Waals surface area contributed by atoms with E-state index in [9.17, 15) is 20.1 Å². The molecule has 8 heteroatoms. The third kappa shape index (κ3) is 4.37. The van der Waals surface area contributed by atoms with Gasteiger partial charge in [0.15, 0.2) is 12.5 Å². The summed E-state index contributed by atoms with van der Waals surface area (Å²) in [6, 6.07) is 10.6. The van der Waals surface area contributed by atoms with Gasteiger partial charge in [0.25, 0.3) is 0 Å². The predicted octanol–water partition coefficient (Wildman–Crippen LogP) is 3.85. The smallest absolute Gasteiger partial charge is 0.414 e. The molecule has 0 spiro atoms. The Bertz CT molecular complexity index is 1030. The number of benzene rings is 2. The number of hydrogen-bond acceptors (Lipinski definition) is 6. The first-order valence-electron chi connectivity index (χ1n) is 10.7. The highest BCUT2D eigenvalue weighted by Crippen LogP contribution is 2.42. The Labute approximate surface area is 186 Å². The molecule has 32 heavy (non-hydrogen) atoms. The van der Waals surface area contributed by atoms with Crippen molar-refractivity contribution in [1.82, 2.24) is 9.80 Å². The molecule has 4 rings (SSSR count). The molecule has 2 aliphatic heterocycles. The molecule has 0 atom stereocenters. The van der Waals surface area contributed by atoms with Gasteiger partial charge in [0, 0.05) is 31.3 Å². The highest BCUT2D eigenvalue weighted by Gasteiger charge is 2.33. The minimum absolute atomic E-state index is 0.00912. The van der Waals surface area contributed by atoms with Crippen LogP contribution in [-0.4, -0.2) is 64.2 Å². The molecular formula is C24H28N2O6. The zero-order valence-electron chi connectivity index (χ0n) is 18.2. The van der Waals surface area contributed by atoms with Crippen LogP contribution in [0, 0.1) is 0 Å². The number of rotatable bonds is 5. The summed E-state index contributed by atoms with van der Waals surface area (Å²) in [5.74, 6) is 0.0992. The largest absolute Gasteiger partial charge is 0.508 e. The Hall–Kier alpha value is -3.23. The Morgan fingerprint density at radius 2 is 1.75 bits per heavy atom. The average Bonchev–Trinajstić information content (AvgIpc) is 3.20. The first-order valence-corrected chi connectivity index (χ1v) is 10.7. The van der Waals surface area contributed by atoms with E-state index in [1.165, 1.54) is 6.07 Å². The molecule has 1 amide bonds. The summed E-state index contributed by atoms with van der Waals surface area (Å²) in [6.45, 7) is 7.71. The van der Waals surface area contributed by atoms with E-state index in [1.54, 1.807) is 6.07 Å². The second-order valence-corrected chi connectivity index (χ2v) is 8.33. The van der Waals surface area contributed by atoms with Gasteiger partial charge in [-0.25, -0.2) is 9.69 Å². The number of aromatic hydroxyl groups is 2. The number of hydrogen-bond donors (Lipinski definition) is 3. The Kier molecular flexibility index (Phi) is 6.25. The molecular weight excluding hydrogens is 412 g/mol. The van der Waals surface area contributed by atoms with E-state index < -0.39 is 6.09 Å². The maximum absolute atomic E-state index is 11.9. The van der Waals surface area contributed by atoms with Crippen LogP contribution in [0.15, 0.2) is 36.4 Å². The second kappa shape index (κ2) is 9.10. The number of phenols is 2. The SMILES string of the molecule is CC(C)c1cc(C2=C(c3ccc(CN4CCOCC4)cc3)N(C(=O)O)CO2)c(O)cc1O. The summed E-state index contributed by atoms with van der Waals surface area (Å²) in [7, 11) is 0. The number of ether oxygens (including phenoxy) is 2. The number of phenolic OH excluding ortho intramolecular Hbond substituents is 2. The van der Waals surface area contributed by atoms with Crippen LogP contribution >= 0.6 is 0 Å². The first kappa shape index (κ1) is 22.0. The molecule has 1 saturated heterocycles. The van der Waals surface area contributed by atoms with Crippen molar-refractivity contribution in [3.05, 3.63) is 58.7 Å². The molecule has 2 aromatic carbocycles. The molecule has 2 aliphatic rings. The third-order valence-corrected chi connectivity index (χ3v) is 5.80. The molecule has 0 saturated carbocycles. The van der Waals surface area contributed by atoms with Gasteiger partial charge in [0.05, 0.1) is 18.8 Å². The molecule has 0 radical (unpaired) electrons. The van der Waals surface area contributed by atoms with Gasteiger partial charge in [-0.15, -0.1) is 0 Å². The predicted molar refractivity (Wildman–Crippen MR) is 119 cm³/mol. The van der Waals surface area contributed by atoms with Crippen LogP contribution in [0.3, 0.4) is 0 Å². The van der Waals surface area contributed by atoms with E-state index in [0.29, 0.717) is 22.4 Å². The molecule has 2 heterocycles. The van der Waals surface area contributed by atoms with Crippen molar-refractivity contribution in [3.8, 4) is 11.5 Å². The number of carbonyl (C=O) groups is 1. The summed E-state index contributed by atoms with van der Waals surface area (Å²) in [5.41, 5.74) is 3.15. The van der Waals surface area contributed by atoms with Crippen molar-refractivity contribution in [2.75, 3.05) is 33.0 Å². The Balaban J connectivity index is 1.72. The van der Waals surface area contributed by atoms with Crippen molar-refractivity contribution < 1.29 is 29.6 Å². The van der Waals surface area contributed by atoms with E-state index in [4.69, 9.17) is 9.47 Å². The summed E-state index contributed by atoms with van der Waals surface area (Å²) >= 11 is 0. The van der Waals surface area contributed by atoms with Gasteiger partial charge in [-0.2, -0.15) is 0 Å². The quantitative estimate of drug-likeness (QED) is 0.649. The lowest BCUT2D eigenvalue weighted by atomic mass is 9.96. The highest BCUT2D eigenvalue weighted by atomic mass is 16.5. The third-order valence-electron chi connectivity index (χ3n) is 5.80. The average molecular weight is 440 g/mol. The van der Waals surface area contributed by atoms with Crippen molar-refractivity contribution in [2.24, 2.45) is 0 Å². The molecule has 0 bridgehead atoms. The Morgan fingerprint density at radius 1 is 1.06 bits per heavy atom. The zero-order valence-corrected chi connectivity index (χ0v) is 18.2. The normalized spacial score (nSPS) is 17.2. The topological polar surface area (TPSA) is 103 Å².